The summed E-state index contributed by atoms with van der Waals surface area (Å²) < 4.78 is 6.06. The van der Waals surface area contributed by atoms with Gasteiger partial charge in [-0.25, -0.2) is 9.80 Å². The summed E-state index contributed by atoms with van der Waals surface area (Å²) in [6, 6.07) is 24.2. The van der Waals surface area contributed by atoms with Crippen LogP contribution in [-0.2, 0) is 29.1 Å². The minimum absolute atomic E-state index is 0.0592. The third-order valence-corrected chi connectivity index (χ3v) is 7.71. The number of urea groups is 1. The molecule has 42 heavy (non-hydrogen) atoms. The first kappa shape index (κ1) is 28.9. The maximum absolute atomic E-state index is 14.1. The number of rotatable bonds is 7. The largest absolute Gasteiger partial charge is 0.489 e. The highest BCUT2D eigenvalue weighted by Gasteiger charge is 2.32. The Morgan fingerprint density at radius 2 is 1.67 bits per heavy atom. The van der Waals surface area contributed by atoms with Gasteiger partial charge in [0.1, 0.15) is 18.4 Å². The Labute approximate surface area is 246 Å². The summed E-state index contributed by atoms with van der Waals surface area (Å²) in [6.07, 6.45) is 0.363. The fraction of sp³-hybridized carbons (Fsp3) is 0.344. The van der Waals surface area contributed by atoms with Crippen molar-refractivity contribution < 1.29 is 19.1 Å². The minimum atomic E-state index is -0.750. The monoisotopic (exact) mass is 570 g/mol. The molecule has 0 aliphatic carbocycles. The molecule has 0 radical (unpaired) electrons. The lowest BCUT2D eigenvalue weighted by atomic mass is 10.0. The van der Waals surface area contributed by atoms with Crippen LogP contribution in [0.4, 0.5) is 10.5 Å². The van der Waals surface area contributed by atoms with Crippen molar-refractivity contribution in [3.63, 3.8) is 0 Å². The van der Waals surface area contributed by atoms with Crippen molar-refractivity contribution in [1.29, 1.82) is 0 Å². The number of hydrogen-bond donors (Lipinski definition) is 2. The van der Waals surface area contributed by atoms with Crippen molar-refractivity contribution in [3.05, 3.63) is 95.6 Å². The quantitative estimate of drug-likeness (QED) is 0.454. The molecule has 3 aromatic carbocycles. The van der Waals surface area contributed by atoms with Crippen LogP contribution in [0, 0.1) is 0 Å². The van der Waals surface area contributed by atoms with Gasteiger partial charge in [0, 0.05) is 52.3 Å². The summed E-state index contributed by atoms with van der Waals surface area (Å²) in [6.45, 7) is 2.58. The van der Waals surface area contributed by atoms with Crippen LogP contribution < -0.4 is 20.3 Å². The Hall–Kier alpha value is -4.57. The number of likely N-dealkylation sites (N-methyl/N-ethyl adjacent to an activating group) is 1. The lowest BCUT2D eigenvalue weighted by Crippen LogP contribution is -2.53. The Morgan fingerprint density at radius 3 is 2.40 bits per heavy atom. The molecule has 10 nitrogen and oxygen atoms in total. The molecule has 1 fully saturated rings. The molecular weight excluding hydrogens is 532 g/mol. The second-order valence-corrected chi connectivity index (χ2v) is 10.7. The van der Waals surface area contributed by atoms with Crippen LogP contribution in [0.25, 0.3) is 0 Å². The van der Waals surface area contributed by atoms with Gasteiger partial charge in [0.2, 0.25) is 11.8 Å². The molecule has 10 heteroatoms. The van der Waals surface area contributed by atoms with Gasteiger partial charge >= 0.3 is 6.03 Å². The normalized spacial score (nSPS) is 17.7. The van der Waals surface area contributed by atoms with Gasteiger partial charge in [-0.1, -0.05) is 72.8 Å². The van der Waals surface area contributed by atoms with Crippen LogP contribution in [-0.4, -0.2) is 85.7 Å². The maximum Gasteiger partial charge on any atom is 0.331 e. The predicted octanol–water partition coefficient (Wildman–Crippen LogP) is 2.64. The lowest BCUT2D eigenvalue weighted by molar-refractivity contribution is -0.136. The van der Waals surface area contributed by atoms with Crippen LogP contribution >= 0.6 is 0 Å². The number of fused-ring (bicyclic) bond motifs is 1. The van der Waals surface area contributed by atoms with Crippen molar-refractivity contribution in [1.82, 2.24) is 25.6 Å². The number of para-hydroxylation sites is 1. The molecule has 1 saturated heterocycles. The molecule has 1 atom stereocenters. The van der Waals surface area contributed by atoms with Gasteiger partial charge in [0.15, 0.2) is 0 Å². The molecule has 3 aromatic rings. The molecule has 0 spiro atoms. The van der Waals surface area contributed by atoms with Crippen LogP contribution in [0.15, 0.2) is 78.9 Å². The fourth-order valence-electron chi connectivity index (χ4n) is 5.30. The topological polar surface area (TPSA) is 97.5 Å². The van der Waals surface area contributed by atoms with Crippen LogP contribution in [0.5, 0.6) is 5.75 Å². The van der Waals surface area contributed by atoms with E-state index < -0.39 is 6.04 Å². The maximum atomic E-state index is 14.1. The van der Waals surface area contributed by atoms with Crippen LogP contribution in [0.2, 0.25) is 0 Å². The minimum Gasteiger partial charge on any atom is -0.489 e. The van der Waals surface area contributed by atoms with E-state index in [9.17, 15) is 14.4 Å². The summed E-state index contributed by atoms with van der Waals surface area (Å²) in [4.78, 5) is 44.3. The molecule has 2 heterocycles. The first-order valence-corrected chi connectivity index (χ1v) is 14.3. The van der Waals surface area contributed by atoms with Gasteiger partial charge in [-0.2, -0.15) is 0 Å². The highest BCUT2D eigenvalue weighted by Crippen LogP contribution is 2.35. The van der Waals surface area contributed by atoms with E-state index in [1.165, 1.54) is 5.01 Å². The van der Waals surface area contributed by atoms with Crippen molar-refractivity contribution in [3.8, 4) is 5.75 Å². The van der Waals surface area contributed by atoms with E-state index in [1.54, 1.807) is 17.0 Å². The standard InChI is InChI=1S/C32H38N6O4/c1-35-18-19-42-30-26(14-9-15-28(30)35)22-37-16-17-38(36(2)32(41)33-21-25-12-7-4-8-13-25)23-29(39)34-27(31(37)40)20-24-10-5-3-6-11-24/h3-15,27H,16-23H2,1-2H3,(H,33,41)(H,34,39)/t27-/m0/s1. The number of benzene rings is 3. The Morgan fingerprint density at radius 1 is 0.952 bits per heavy atom. The Kier molecular flexibility index (Phi) is 9.23. The zero-order chi connectivity index (χ0) is 29.5. The molecule has 0 unspecified atom stereocenters. The summed E-state index contributed by atoms with van der Waals surface area (Å²) in [5.41, 5.74) is 3.81. The molecule has 5 rings (SSSR count). The van der Waals surface area contributed by atoms with E-state index >= 15 is 0 Å². The second kappa shape index (κ2) is 13.4. The molecule has 2 aliphatic rings. The van der Waals surface area contributed by atoms with Crippen molar-refractivity contribution >= 4 is 23.5 Å². The number of anilines is 1. The molecule has 2 aliphatic heterocycles. The third kappa shape index (κ3) is 7.01. The molecular formula is C32H38N6O4. The van der Waals surface area contributed by atoms with Gasteiger partial charge in [-0.05, 0) is 17.2 Å². The smallest absolute Gasteiger partial charge is 0.331 e. The lowest BCUT2D eigenvalue weighted by Gasteiger charge is -2.33. The van der Waals surface area contributed by atoms with Gasteiger partial charge in [-0.3, -0.25) is 14.6 Å². The average Bonchev–Trinajstić information content (AvgIpc) is 3.06. The van der Waals surface area contributed by atoms with Crippen LogP contribution in [0.3, 0.4) is 0 Å². The molecule has 0 bridgehead atoms. The average molecular weight is 571 g/mol. The van der Waals surface area contributed by atoms with E-state index in [0.717, 1.165) is 34.7 Å². The highest BCUT2D eigenvalue weighted by atomic mass is 16.5. The molecule has 2 N–H and O–H groups in total. The zero-order valence-electron chi connectivity index (χ0n) is 24.2. The fourth-order valence-corrected chi connectivity index (χ4v) is 5.30. The van der Waals surface area contributed by atoms with E-state index in [-0.39, 0.29) is 24.4 Å². The number of hydrogen-bond acceptors (Lipinski definition) is 6. The molecule has 220 valence electrons. The Balaban J connectivity index is 1.37. The van der Waals surface area contributed by atoms with Crippen molar-refractivity contribution in [2.75, 3.05) is 51.8 Å². The van der Waals surface area contributed by atoms with E-state index in [4.69, 9.17) is 4.74 Å². The number of carbonyl (C=O) groups excluding carboxylic acids is 3. The second-order valence-electron chi connectivity index (χ2n) is 10.7. The molecule has 0 aromatic heterocycles. The summed E-state index contributed by atoms with van der Waals surface area (Å²) in [7, 11) is 3.66. The van der Waals surface area contributed by atoms with E-state index in [0.29, 0.717) is 39.2 Å². The highest BCUT2D eigenvalue weighted by molar-refractivity contribution is 5.89. The molecule has 4 amide bonds. The predicted molar refractivity (Wildman–Crippen MR) is 161 cm³/mol. The summed E-state index contributed by atoms with van der Waals surface area (Å²) >= 11 is 0. The number of carbonyl (C=O) groups is 3. The SMILES string of the molecule is CN1CCOc2c(CN3CCN(N(C)C(=O)NCc4ccccc4)CC(=O)N[C@@H](Cc4ccccc4)C3=O)cccc21. The summed E-state index contributed by atoms with van der Waals surface area (Å²) in [5, 5.41) is 8.96. The summed E-state index contributed by atoms with van der Waals surface area (Å²) in [5.74, 6) is 0.278. The van der Waals surface area contributed by atoms with Crippen molar-refractivity contribution in [2.45, 2.75) is 25.6 Å². The van der Waals surface area contributed by atoms with Gasteiger partial charge in [0.05, 0.1) is 18.8 Å². The Bertz CT molecular complexity index is 1390. The first-order valence-electron chi connectivity index (χ1n) is 14.3. The number of hydrazine groups is 1. The van der Waals surface area contributed by atoms with Crippen LogP contribution in [0.1, 0.15) is 16.7 Å². The van der Waals surface area contributed by atoms with Crippen molar-refractivity contribution in [2.24, 2.45) is 0 Å². The number of nitrogens with one attached hydrogen (secondary N) is 2. The van der Waals surface area contributed by atoms with E-state index in [2.05, 4.69) is 15.5 Å². The number of nitrogens with zero attached hydrogens (tertiary/aromatic N) is 4. The zero-order valence-corrected chi connectivity index (χ0v) is 24.2. The molecule has 0 saturated carbocycles. The van der Waals surface area contributed by atoms with Gasteiger partial charge in [-0.15, -0.1) is 0 Å². The van der Waals surface area contributed by atoms with E-state index in [1.807, 2.05) is 85.9 Å². The van der Waals surface area contributed by atoms with Gasteiger partial charge in [0.25, 0.3) is 0 Å². The first-order chi connectivity index (χ1) is 20.4. The number of ether oxygens (including phenoxy) is 1. The number of amides is 4. The van der Waals surface area contributed by atoms with Gasteiger partial charge < -0.3 is 25.2 Å². The third-order valence-electron chi connectivity index (χ3n) is 7.71.